The van der Waals surface area contributed by atoms with Crippen molar-refractivity contribution in [2.45, 2.75) is 44.4 Å². The number of nitrogens with one attached hydrogen (secondary N) is 1. The van der Waals surface area contributed by atoms with Gasteiger partial charge in [0.1, 0.15) is 0 Å². The Kier molecular flexibility index (Phi) is 3.20. The van der Waals surface area contributed by atoms with Crippen LogP contribution in [0.25, 0.3) is 0 Å². The van der Waals surface area contributed by atoms with Crippen molar-refractivity contribution in [2.24, 2.45) is 0 Å². The number of aromatic nitrogens is 2. The van der Waals surface area contributed by atoms with Crippen molar-refractivity contribution in [3.63, 3.8) is 0 Å². The minimum Gasteiger partial charge on any atom is -0.308 e. The standard InChI is InChI=1S/C12H19N3O3S/c1-8(2)15-9(3)7-10(14-15)13-11(16)12(5-6-12)19(4,17)18/h7-8H,5-6H2,1-4H3,(H,13,14,16). The fourth-order valence-corrected chi connectivity index (χ4v) is 3.41. The SMILES string of the molecule is Cc1cc(NC(=O)C2(S(C)(=O)=O)CC2)nn1C(C)C. The smallest absolute Gasteiger partial charge is 0.247 e. The largest absolute Gasteiger partial charge is 0.308 e. The maximum Gasteiger partial charge on any atom is 0.247 e. The van der Waals surface area contributed by atoms with Crippen molar-refractivity contribution >= 4 is 21.6 Å². The first kappa shape index (κ1) is 14.0. The van der Waals surface area contributed by atoms with Gasteiger partial charge in [0, 0.05) is 24.1 Å². The number of carbonyl (C=O) groups excluding carboxylic acids is 1. The molecule has 1 aliphatic carbocycles. The van der Waals surface area contributed by atoms with Gasteiger partial charge in [0.25, 0.3) is 0 Å². The Bertz CT molecular complexity index is 612. The Morgan fingerprint density at radius 3 is 2.42 bits per heavy atom. The molecule has 0 spiro atoms. The second kappa shape index (κ2) is 4.33. The Balaban J connectivity index is 2.19. The van der Waals surface area contributed by atoms with Crippen LogP contribution in [-0.4, -0.2) is 35.1 Å². The number of anilines is 1. The summed E-state index contributed by atoms with van der Waals surface area (Å²) >= 11 is 0. The molecule has 7 heteroatoms. The van der Waals surface area contributed by atoms with Gasteiger partial charge in [-0.1, -0.05) is 0 Å². The Hall–Kier alpha value is -1.37. The van der Waals surface area contributed by atoms with E-state index in [0.29, 0.717) is 18.7 Å². The topological polar surface area (TPSA) is 81.1 Å². The van der Waals surface area contributed by atoms with Crippen LogP contribution in [0.3, 0.4) is 0 Å². The fourth-order valence-electron chi connectivity index (χ4n) is 2.18. The average molecular weight is 285 g/mol. The predicted molar refractivity (Wildman–Crippen MR) is 72.8 cm³/mol. The molecule has 1 aliphatic rings. The lowest BCUT2D eigenvalue weighted by Gasteiger charge is -2.12. The summed E-state index contributed by atoms with van der Waals surface area (Å²) in [6.45, 7) is 5.88. The highest BCUT2D eigenvalue weighted by Crippen LogP contribution is 2.43. The van der Waals surface area contributed by atoms with E-state index in [2.05, 4.69) is 10.4 Å². The summed E-state index contributed by atoms with van der Waals surface area (Å²) in [5.74, 6) is -0.0606. The molecule has 1 fully saturated rings. The Morgan fingerprint density at radius 2 is 2.05 bits per heavy atom. The summed E-state index contributed by atoms with van der Waals surface area (Å²) < 4.78 is 23.8. The van der Waals surface area contributed by atoms with E-state index in [4.69, 9.17) is 0 Å². The van der Waals surface area contributed by atoms with Crippen LogP contribution in [0.5, 0.6) is 0 Å². The summed E-state index contributed by atoms with van der Waals surface area (Å²) in [7, 11) is -3.38. The van der Waals surface area contributed by atoms with Crippen LogP contribution in [0.1, 0.15) is 38.4 Å². The van der Waals surface area contributed by atoms with Crippen LogP contribution in [0.4, 0.5) is 5.82 Å². The van der Waals surface area contributed by atoms with Gasteiger partial charge in [-0.2, -0.15) is 5.10 Å². The van der Waals surface area contributed by atoms with Gasteiger partial charge < -0.3 is 5.32 Å². The molecule has 0 bridgehead atoms. The molecule has 19 heavy (non-hydrogen) atoms. The minimum absolute atomic E-state index is 0.190. The van der Waals surface area contributed by atoms with E-state index >= 15 is 0 Å². The highest BCUT2D eigenvalue weighted by molar-refractivity contribution is 7.93. The first-order valence-corrected chi connectivity index (χ1v) is 8.14. The van der Waals surface area contributed by atoms with E-state index in [1.165, 1.54) is 0 Å². The summed E-state index contributed by atoms with van der Waals surface area (Å²) in [4.78, 5) is 12.1. The Labute approximate surface area is 113 Å². The molecule has 1 N–H and O–H groups in total. The molecule has 1 saturated carbocycles. The molecule has 2 rings (SSSR count). The number of rotatable bonds is 4. The lowest BCUT2D eigenvalue weighted by molar-refractivity contribution is -0.116. The van der Waals surface area contributed by atoms with E-state index in [-0.39, 0.29) is 6.04 Å². The first-order valence-electron chi connectivity index (χ1n) is 6.24. The van der Waals surface area contributed by atoms with E-state index in [0.717, 1.165) is 11.9 Å². The quantitative estimate of drug-likeness (QED) is 0.903. The number of nitrogens with zero attached hydrogens (tertiary/aromatic N) is 2. The lowest BCUT2D eigenvalue weighted by atomic mass is 10.3. The van der Waals surface area contributed by atoms with Gasteiger partial charge in [0.2, 0.25) is 5.91 Å². The summed E-state index contributed by atoms with van der Waals surface area (Å²) in [5, 5.41) is 6.88. The molecule has 0 aromatic carbocycles. The molecule has 1 aromatic heterocycles. The number of hydrogen-bond donors (Lipinski definition) is 1. The third-order valence-electron chi connectivity index (χ3n) is 3.48. The molecule has 0 saturated heterocycles. The van der Waals surface area contributed by atoms with Crippen LogP contribution < -0.4 is 5.32 Å². The minimum atomic E-state index is -3.38. The normalized spacial score (nSPS) is 17.5. The highest BCUT2D eigenvalue weighted by atomic mass is 32.2. The van der Waals surface area contributed by atoms with Crippen molar-refractivity contribution in [1.29, 1.82) is 0 Å². The van der Waals surface area contributed by atoms with Gasteiger partial charge in [-0.05, 0) is 33.6 Å². The first-order chi connectivity index (χ1) is 8.67. The monoisotopic (exact) mass is 285 g/mol. The average Bonchev–Trinajstić information content (AvgIpc) is 2.99. The van der Waals surface area contributed by atoms with Crippen molar-refractivity contribution < 1.29 is 13.2 Å². The number of amides is 1. The molecule has 6 nitrogen and oxygen atoms in total. The Morgan fingerprint density at radius 1 is 1.47 bits per heavy atom. The van der Waals surface area contributed by atoms with Gasteiger partial charge in [-0.25, -0.2) is 8.42 Å². The summed E-state index contributed by atoms with van der Waals surface area (Å²) in [6, 6.07) is 1.94. The van der Waals surface area contributed by atoms with Crippen molar-refractivity contribution in [3.05, 3.63) is 11.8 Å². The molecule has 0 unspecified atom stereocenters. The van der Waals surface area contributed by atoms with Crippen molar-refractivity contribution in [3.8, 4) is 0 Å². The van der Waals surface area contributed by atoms with Gasteiger partial charge in [-0.15, -0.1) is 0 Å². The molecule has 106 valence electrons. The number of carbonyl (C=O) groups is 1. The van der Waals surface area contributed by atoms with Gasteiger partial charge >= 0.3 is 0 Å². The molecular formula is C12H19N3O3S. The van der Waals surface area contributed by atoms with Crippen molar-refractivity contribution in [2.75, 3.05) is 11.6 Å². The molecule has 1 amide bonds. The van der Waals surface area contributed by atoms with Gasteiger partial charge in [-0.3, -0.25) is 9.48 Å². The van der Waals surface area contributed by atoms with Crippen LogP contribution in [0.2, 0.25) is 0 Å². The molecule has 0 radical (unpaired) electrons. The summed E-state index contributed by atoms with van der Waals surface area (Å²) in [5.41, 5.74) is 0.925. The van der Waals surface area contributed by atoms with Crippen LogP contribution in [0, 0.1) is 6.92 Å². The van der Waals surface area contributed by atoms with Crippen LogP contribution >= 0.6 is 0 Å². The molecule has 1 heterocycles. The highest BCUT2D eigenvalue weighted by Gasteiger charge is 2.58. The molecule has 0 aliphatic heterocycles. The molecular weight excluding hydrogens is 266 g/mol. The van der Waals surface area contributed by atoms with E-state index in [1.807, 2.05) is 20.8 Å². The number of hydrogen-bond acceptors (Lipinski definition) is 4. The third kappa shape index (κ3) is 2.39. The van der Waals surface area contributed by atoms with Crippen LogP contribution in [0.15, 0.2) is 6.07 Å². The van der Waals surface area contributed by atoms with Gasteiger partial charge in [0.05, 0.1) is 0 Å². The molecule has 1 aromatic rings. The van der Waals surface area contributed by atoms with Gasteiger partial charge in [0.15, 0.2) is 20.4 Å². The number of sulfone groups is 1. The van der Waals surface area contributed by atoms with Crippen molar-refractivity contribution in [1.82, 2.24) is 9.78 Å². The zero-order chi connectivity index (χ0) is 14.4. The summed E-state index contributed by atoms with van der Waals surface area (Å²) in [6.07, 6.45) is 1.89. The maximum atomic E-state index is 12.1. The predicted octanol–water partition coefficient (Wildman–Crippen LogP) is 1.29. The zero-order valence-corrected chi connectivity index (χ0v) is 12.4. The fraction of sp³-hybridized carbons (Fsp3) is 0.667. The second-order valence-corrected chi connectivity index (χ2v) is 7.76. The zero-order valence-electron chi connectivity index (χ0n) is 11.6. The van der Waals surface area contributed by atoms with E-state index < -0.39 is 20.5 Å². The maximum absolute atomic E-state index is 12.1. The van der Waals surface area contributed by atoms with Crippen LogP contribution in [-0.2, 0) is 14.6 Å². The number of aryl methyl sites for hydroxylation is 1. The lowest BCUT2D eigenvalue weighted by Crippen LogP contribution is -2.36. The van der Waals surface area contributed by atoms with E-state index in [1.54, 1.807) is 10.7 Å². The van der Waals surface area contributed by atoms with E-state index in [9.17, 15) is 13.2 Å². The third-order valence-corrected chi connectivity index (χ3v) is 5.49. The second-order valence-electron chi connectivity index (χ2n) is 5.43. The molecule has 0 atom stereocenters.